The van der Waals surface area contributed by atoms with Gasteiger partial charge in [-0.05, 0) is 47.4 Å². The van der Waals surface area contributed by atoms with Crippen molar-refractivity contribution in [1.29, 1.82) is 0 Å². The van der Waals surface area contributed by atoms with Gasteiger partial charge in [-0.3, -0.25) is 0 Å². The van der Waals surface area contributed by atoms with Crippen molar-refractivity contribution in [3.8, 4) is 11.1 Å². The van der Waals surface area contributed by atoms with E-state index in [-0.39, 0.29) is 6.61 Å². The number of thiophene rings is 1. The lowest BCUT2D eigenvalue weighted by atomic mass is 9.95. The van der Waals surface area contributed by atoms with Crippen molar-refractivity contribution in [1.82, 2.24) is 0 Å². The van der Waals surface area contributed by atoms with E-state index in [1.807, 2.05) is 61.5 Å². The molecule has 27 heavy (non-hydrogen) atoms. The Hall–Kier alpha value is -1.98. The topological polar surface area (TPSA) is 40.5 Å². The summed E-state index contributed by atoms with van der Waals surface area (Å²) in [6.45, 7) is 2.03. The molecule has 0 bridgehead atoms. The van der Waals surface area contributed by atoms with Gasteiger partial charge in [0.05, 0.1) is 6.61 Å². The van der Waals surface area contributed by atoms with Crippen molar-refractivity contribution in [3.63, 3.8) is 0 Å². The minimum absolute atomic E-state index is 0.0110. The Bertz CT molecular complexity index is 1100. The number of fused-ring (bicyclic) bond motifs is 1. The number of hydrogen-bond acceptors (Lipinski definition) is 3. The second-order valence-corrected chi connectivity index (χ2v) is 8.60. The minimum Gasteiger partial charge on any atom is -0.392 e. The van der Waals surface area contributed by atoms with E-state index < -0.39 is 6.10 Å². The molecule has 0 radical (unpaired) electrons. The van der Waals surface area contributed by atoms with Gasteiger partial charge in [-0.15, -0.1) is 11.3 Å². The fraction of sp³-hybridized carbons (Fsp3) is 0.130. The maximum atomic E-state index is 11.2. The SMILES string of the molecule is Cc1ccccc1C(O)c1sc2cc(CO)ccc2c1-c1ccc(Br)cc1. The standard InChI is InChI=1S/C23H19BrO2S/c1-14-4-2-3-5-18(14)22(26)23-21(16-7-9-17(24)10-8-16)19-11-6-15(13-25)12-20(19)27-23/h2-12,22,25-26H,13H2,1H3. The highest BCUT2D eigenvalue weighted by molar-refractivity contribution is 9.10. The van der Waals surface area contributed by atoms with Crippen molar-refractivity contribution in [2.24, 2.45) is 0 Å². The summed E-state index contributed by atoms with van der Waals surface area (Å²) in [6.07, 6.45) is -0.695. The molecule has 2 nitrogen and oxygen atoms in total. The first-order chi connectivity index (χ1) is 13.1. The van der Waals surface area contributed by atoms with Gasteiger partial charge >= 0.3 is 0 Å². The largest absolute Gasteiger partial charge is 0.392 e. The first kappa shape index (κ1) is 18.4. The molecule has 4 aromatic rings. The van der Waals surface area contributed by atoms with Crippen LogP contribution in [0.1, 0.15) is 27.7 Å². The summed E-state index contributed by atoms with van der Waals surface area (Å²) in [6, 6.07) is 22.1. The van der Waals surface area contributed by atoms with Crippen LogP contribution >= 0.6 is 27.3 Å². The van der Waals surface area contributed by atoms with Crippen LogP contribution in [0, 0.1) is 6.92 Å². The van der Waals surface area contributed by atoms with Crippen molar-refractivity contribution >= 4 is 37.4 Å². The molecule has 136 valence electrons. The fourth-order valence-corrected chi connectivity index (χ4v) is 4.96. The van der Waals surface area contributed by atoms with E-state index in [0.717, 1.165) is 47.3 Å². The molecule has 3 aromatic carbocycles. The summed E-state index contributed by atoms with van der Waals surface area (Å²) in [5.41, 5.74) is 5.00. The predicted molar refractivity (Wildman–Crippen MR) is 116 cm³/mol. The van der Waals surface area contributed by atoms with Crippen LogP contribution in [0.2, 0.25) is 0 Å². The highest BCUT2D eigenvalue weighted by atomic mass is 79.9. The second kappa shape index (κ2) is 7.56. The van der Waals surface area contributed by atoms with Crippen molar-refractivity contribution in [2.45, 2.75) is 19.6 Å². The zero-order chi connectivity index (χ0) is 19.0. The number of halogens is 1. The number of aliphatic hydroxyl groups is 2. The number of rotatable bonds is 4. The molecule has 0 aliphatic rings. The van der Waals surface area contributed by atoms with Gasteiger partial charge in [0.15, 0.2) is 0 Å². The molecule has 2 N–H and O–H groups in total. The average molecular weight is 439 g/mol. The third-order valence-corrected chi connectivity index (χ3v) is 6.56. The van der Waals surface area contributed by atoms with Crippen LogP contribution in [-0.2, 0) is 6.61 Å². The molecule has 0 saturated heterocycles. The first-order valence-electron chi connectivity index (χ1n) is 8.74. The first-order valence-corrected chi connectivity index (χ1v) is 10.3. The van der Waals surface area contributed by atoms with Crippen LogP contribution < -0.4 is 0 Å². The number of aliphatic hydroxyl groups excluding tert-OH is 2. The molecule has 0 aliphatic heterocycles. The molecule has 4 heteroatoms. The summed E-state index contributed by atoms with van der Waals surface area (Å²) in [5, 5.41) is 21.8. The summed E-state index contributed by atoms with van der Waals surface area (Å²) in [4.78, 5) is 0.928. The van der Waals surface area contributed by atoms with Crippen molar-refractivity contribution < 1.29 is 10.2 Å². The van der Waals surface area contributed by atoms with Crippen LogP contribution in [0.5, 0.6) is 0 Å². The Morgan fingerprint density at radius 2 is 1.74 bits per heavy atom. The third-order valence-electron chi connectivity index (χ3n) is 4.83. The molecular weight excluding hydrogens is 420 g/mol. The van der Waals surface area contributed by atoms with Gasteiger partial charge in [-0.25, -0.2) is 0 Å². The Balaban J connectivity index is 1.97. The maximum absolute atomic E-state index is 11.2. The van der Waals surface area contributed by atoms with E-state index in [1.54, 1.807) is 11.3 Å². The van der Waals surface area contributed by atoms with Crippen molar-refractivity contribution in [3.05, 3.63) is 92.8 Å². The van der Waals surface area contributed by atoms with Crippen LogP contribution in [0.15, 0.2) is 71.2 Å². The normalized spacial score (nSPS) is 12.4. The van der Waals surface area contributed by atoms with Gasteiger partial charge < -0.3 is 10.2 Å². The Kier molecular flexibility index (Phi) is 5.15. The molecular formula is C23H19BrO2S. The smallest absolute Gasteiger partial charge is 0.114 e. The molecule has 0 fully saturated rings. The third kappa shape index (κ3) is 3.46. The minimum atomic E-state index is -0.695. The maximum Gasteiger partial charge on any atom is 0.114 e. The zero-order valence-corrected chi connectivity index (χ0v) is 17.2. The highest BCUT2D eigenvalue weighted by Gasteiger charge is 2.22. The number of aryl methyl sites for hydroxylation is 1. The van der Waals surface area contributed by atoms with Crippen LogP contribution in [0.4, 0.5) is 0 Å². The van der Waals surface area contributed by atoms with Gasteiger partial charge in [0.1, 0.15) is 6.10 Å². The summed E-state index contributed by atoms with van der Waals surface area (Å²) in [5.74, 6) is 0. The summed E-state index contributed by atoms with van der Waals surface area (Å²) in [7, 11) is 0. The van der Waals surface area contributed by atoms with E-state index in [2.05, 4.69) is 28.1 Å². The molecule has 0 saturated carbocycles. The van der Waals surface area contributed by atoms with Gasteiger partial charge in [-0.2, -0.15) is 0 Å². The second-order valence-electron chi connectivity index (χ2n) is 6.60. The van der Waals surface area contributed by atoms with Gasteiger partial charge in [0.2, 0.25) is 0 Å². The van der Waals surface area contributed by atoms with Gasteiger partial charge in [0.25, 0.3) is 0 Å². The van der Waals surface area contributed by atoms with Crippen LogP contribution in [0.25, 0.3) is 21.2 Å². The predicted octanol–water partition coefficient (Wildman–Crippen LogP) is 6.21. The lowest BCUT2D eigenvalue weighted by Crippen LogP contribution is -2.01. The molecule has 1 unspecified atom stereocenters. The van der Waals surface area contributed by atoms with Gasteiger partial charge in [-0.1, -0.05) is 64.5 Å². The monoisotopic (exact) mass is 438 g/mol. The Morgan fingerprint density at radius 3 is 2.44 bits per heavy atom. The quantitative estimate of drug-likeness (QED) is 0.397. The molecule has 0 amide bonds. The average Bonchev–Trinajstić information content (AvgIpc) is 3.07. The Labute approximate surface area is 170 Å². The lowest BCUT2D eigenvalue weighted by molar-refractivity contribution is 0.224. The van der Waals surface area contributed by atoms with E-state index in [4.69, 9.17) is 0 Å². The summed E-state index contributed by atoms with van der Waals surface area (Å²) >= 11 is 5.09. The lowest BCUT2D eigenvalue weighted by Gasteiger charge is -2.15. The number of benzene rings is 3. The molecule has 0 spiro atoms. The van der Waals surface area contributed by atoms with Crippen LogP contribution in [-0.4, -0.2) is 10.2 Å². The fourth-order valence-electron chi connectivity index (χ4n) is 3.40. The summed E-state index contributed by atoms with van der Waals surface area (Å²) < 4.78 is 2.09. The van der Waals surface area contributed by atoms with Gasteiger partial charge in [0, 0.05) is 25.0 Å². The molecule has 1 atom stereocenters. The molecule has 1 aromatic heterocycles. The van der Waals surface area contributed by atoms with E-state index >= 15 is 0 Å². The molecule has 1 heterocycles. The van der Waals surface area contributed by atoms with Crippen LogP contribution in [0.3, 0.4) is 0 Å². The van der Waals surface area contributed by atoms with E-state index in [1.165, 1.54) is 0 Å². The molecule has 4 rings (SSSR count). The molecule has 0 aliphatic carbocycles. The zero-order valence-electron chi connectivity index (χ0n) is 14.8. The number of hydrogen-bond donors (Lipinski definition) is 2. The highest BCUT2D eigenvalue weighted by Crippen LogP contribution is 2.44. The van der Waals surface area contributed by atoms with E-state index in [0.29, 0.717) is 0 Å². The van der Waals surface area contributed by atoms with Crippen molar-refractivity contribution in [2.75, 3.05) is 0 Å². The Morgan fingerprint density at radius 1 is 1.00 bits per heavy atom. The van der Waals surface area contributed by atoms with E-state index in [9.17, 15) is 10.2 Å².